The molecule has 1 spiro atoms. The topological polar surface area (TPSA) is 90.0 Å². The first-order chi connectivity index (χ1) is 20.1. The summed E-state index contributed by atoms with van der Waals surface area (Å²) in [6, 6.07) is 10.3. The maximum Gasteiger partial charge on any atom is 0.335 e. The zero-order valence-electron chi connectivity index (χ0n) is 22.9. The van der Waals surface area contributed by atoms with E-state index in [1.165, 1.54) is 18.2 Å². The van der Waals surface area contributed by atoms with Gasteiger partial charge in [-0.2, -0.15) is 0 Å². The number of amides is 2. The van der Waals surface area contributed by atoms with Crippen molar-refractivity contribution in [3.8, 4) is 0 Å². The van der Waals surface area contributed by atoms with Gasteiger partial charge in [0.2, 0.25) is 11.8 Å². The van der Waals surface area contributed by atoms with Gasteiger partial charge < -0.3 is 15.3 Å². The Hall–Kier alpha value is -3.46. The highest BCUT2D eigenvalue weighted by Gasteiger charge is 2.71. The van der Waals surface area contributed by atoms with Gasteiger partial charge in [0.15, 0.2) is 0 Å². The van der Waals surface area contributed by atoms with Crippen LogP contribution in [0.1, 0.15) is 48.0 Å². The van der Waals surface area contributed by atoms with E-state index in [0.29, 0.717) is 34.5 Å². The van der Waals surface area contributed by atoms with E-state index in [0.717, 1.165) is 19.3 Å². The molecule has 0 unspecified atom stereocenters. The standard InChI is InChI=1S/C32H30Cl2FN3O4/c1-3-20(33)14-24-17(2)32(31(42)36-24)27(22-8-5-9-23(34)28(22)35)26-25(38(32)15-18-6-4-7-18)16-37(29(26)39)21-12-10-19(11-13-21)30(40)41/h3,5,8-14,18,25-27H,2,4,6-7,15-16H2,1H3,(H,36,42)(H,40,41)/b20-3+,24-14+/t25-,26+,27-,32+/m1/s1. The van der Waals surface area contributed by atoms with Crippen LogP contribution in [0.25, 0.3) is 0 Å². The molecule has 1 saturated carbocycles. The molecule has 1 aliphatic carbocycles. The summed E-state index contributed by atoms with van der Waals surface area (Å²) in [6.45, 7) is 6.94. The number of nitrogens with one attached hydrogen (secondary N) is 1. The Labute approximate surface area is 253 Å². The normalized spacial score (nSPS) is 29.0. The molecule has 2 aromatic rings. The molecule has 3 heterocycles. The number of nitrogens with zero attached hydrogens (tertiary/aromatic N) is 2. The first-order valence-electron chi connectivity index (χ1n) is 14.0. The van der Waals surface area contributed by atoms with Crippen LogP contribution in [0.3, 0.4) is 0 Å². The summed E-state index contributed by atoms with van der Waals surface area (Å²) >= 11 is 12.6. The van der Waals surface area contributed by atoms with Crippen LogP contribution in [0, 0.1) is 17.7 Å². The molecular formula is C32H30Cl2FN3O4. The predicted molar refractivity (Wildman–Crippen MR) is 159 cm³/mol. The summed E-state index contributed by atoms with van der Waals surface area (Å²) in [5, 5.41) is 12.6. The minimum absolute atomic E-state index is 0.0973. The van der Waals surface area contributed by atoms with Gasteiger partial charge in [0.05, 0.1) is 16.5 Å². The largest absolute Gasteiger partial charge is 0.478 e. The number of hydrogen-bond acceptors (Lipinski definition) is 4. The smallest absolute Gasteiger partial charge is 0.335 e. The van der Waals surface area contributed by atoms with Gasteiger partial charge in [0.25, 0.3) is 0 Å². The first-order valence-corrected chi connectivity index (χ1v) is 14.7. The van der Waals surface area contributed by atoms with Crippen LogP contribution in [0.15, 0.2) is 77.5 Å². The van der Waals surface area contributed by atoms with Crippen molar-refractivity contribution in [2.45, 2.75) is 43.7 Å². The van der Waals surface area contributed by atoms with Crippen LogP contribution in [-0.2, 0) is 9.59 Å². The molecule has 2 aromatic carbocycles. The van der Waals surface area contributed by atoms with E-state index in [1.807, 2.05) is 0 Å². The van der Waals surface area contributed by atoms with Crippen molar-refractivity contribution < 1.29 is 23.9 Å². The molecule has 218 valence electrons. The maximum absolute atomic E-state index is 16.0. The van der Waals surface area contributed by atoms with Crippen LogP contribution >= 0.6 is 23.2 Å². The minimum atomic E-state index is -1.44. The van der Waals surface area contributed by atoms with E-state index in [1.54, 1.807) is 48.2 Å². The summed E-state index contributed by atoms with van der Waals surface area (Å²) in [5.74, 6) is -3.79. The van der Waals surface area contributed by atoms with Crippen molar-refractivity contribution in [1.82, 2.24) is 10.2 Å². The third kappa shape index (κ3) is 4.22. The van der Waals surface area contributed by atoms with Crippen LogP contribution < -0.4 is 10.2 Å². The second kappa shape index (κ2) is 10.7. The van der Waals surface area contributed by atoms with Crippen LogP contribution in [0.4, 0.5) is 10.1 Å². The quantitative estimate of drug-likeness (QED) is 0.428. The van der Waals surface area contributed by atoms with Crippen molar-refractivity contribution in [3.05, 3.63) is 99.5 Å². The van der Waals surface area contributed by atoms with E-state index in [9.17, 15) is 19.5 Å². The van der Waals surface area contributed by atoms with E-state index in [2.05, 4.69) is 16.8 Å². The number of hydrogen-bond donors (Lipinski definition) is 2. The monoisotopic (exact) mass is 609 g/mol. The van der Waals surface area contributed by atoms with Gasteiger partial charge in [-0.3, -0.25) is 14.5 Å². The first kappa shape index (κ1) is 28.6. The fourth-order valence-electron chi connectivity index (χ4n) is 7.13. The molecule has 2 amide bonds. The molecule has 2 N–H and O–H groups in total. The summed E-state index contributed by atoms with van der Waals surface area (Å²) in [5.41, 5.74) is 0.256. The molecule has 3 aliphatic heterocycles. The number of benzene rings is 2. The van der Waals surface area contributed by atoms with Crippen molar-refractivity contribution in [3.63, 3.8) is 0 Å². The van der Waals surface area contributed by atoms with E-state index < -0.39 is 35.2 Å². The van der Waals surface area contributed by atoms with Gasteiger partial charge in [-0.1, -0.05) is 54.4 Å². The minimum Gasteiger partial charge on any atom is -0.478 e. The molecule has 0 aromatic heterocycles. The Balaban J connectivity index is 1.53. The fraction of sp³-hybridized carbons (Fsp3) is 0.344. The van der Waals surface area contributed by atoms with Crippen LogP contribution in [0.2, 0.25) is 5.02 Å². The Morgan fingerprint density at radius 1 is 1.21 bits per heavy atom. The average molecular weight is 611 g/mol. The van der Waals surface area contributed by atoms with Crippen LogP contribution in [0.5, 0.6) is 0 Å². The number of aromatic carboxylic acids is 1. The van der Waals surface area contributed by atoms with Gasteiger partial charge in [-0.15, -0.1) is 0 Å². The lowest BCUT2D eigenvalue weighted by molar-refractivity contribution is -0.129. The number of allylic oxidation sites excluding steroid dienone is 3. The Kier molecular flexibility index (Phi) is 7.28. The van der Waals surface area contributed by atoms with Gasteiger partial charge in [0.1, 0.15) is 11.4 Å². The molecular weight excluding hydrogens is 580 g/mol. The zero-order valence-corrected chi connectivity index (χ0v) is 24.5. The molecule has 3 saturated heterocycles. The average Bonchev–Trinajstić information content (AvgIpc) is 3.51. The highest BCUT2D eigenvalue weighted by atomic mass is 35.5. The van der Waals surface area contributed by atoms with Gasteiger partial charge in [-0.25, -0.2) is 9.18 Å². The van der Waals surface area contributed by atoms with Gasteiger partial charge in [-0.05, 0) is 73.2 Å². The Morgan fingerprint density at radius 2 is 1.93 bits per heavy atom. The molecule has 7 nitrogen and oxygen atoms in total. The molecule has 4 aliphatic rings. The number of carboxylic acids is 1. The van der Waals surface area contributed by atoms with Crippen molar-refractivity contribution in [2.75, 3.05) is 18.0 Å². The molecule has 4 atom stereocenters. The maximum atomic E-state index is 16.0. The second-order valence-electron chi connectivity index (χ2n) is 11.4. The molecule has 10 heteroatoms. The second-order valence-corrected chi connectivity index (χ2v) is 12.2. The summed E-state index contributed by atoms with van der Waals surface area (Å²) in [4.78, 5) is 43.8. The summed E-state index contributed by atoms with van der Waals surface area (Å²) in [6.07, 6.45) is 6.41. The van der Waals surface area contributed by atoms with E-state index in [4.69, 9.17) is 23.2 Å². The van der Waals surface area contributed by atoms with Crippen LogP contribution in [-0.4, -0.2) is 52.5 Å². The number of carboxylic acid groups (broad SMARTS) is 1. The third-order valence-corrected chi connectivity index (χ3v) is 9.98. The summed E-state index contributed by atoms with van der Waals surface area (Å²) < 4.78 is 16.0. The number of anilines is 1. The third-order valence-electron chi connectivity index (χ3n) is 9.36. The molecule has 6 rings (SSSR count). The predicted octanol–water partition coefficient (Wildman–Crippen LogP) is 5.86. The fourth-order valence-corrected chi connectivity index (χ4v) is 7.42. The lowest BCUT2D eigenvalue weighted by Crippen LogP contribution is -2.58. The Bertz CT molecular complexity index is 1570. The zero-order chi connectivity index (χ0) is 29.9. The van der Waals surface area contributed by atoms with Gasteiger partial charge in [0, 0.05) is 41.5 Å². The van der Waals surface area contributed by atoms with Crippen molar-refractivity contribution in [1.29, 1.82) is 0 Å². The number of carbonyl (C=O) groups is 3. The highest BCUT2D eigenvalue weighted by molar-refractivity contribution is 6.31. The molecule has 42 heavy (non-hydrogen) atoms. The number of halogens is 3. The molecule has 4 fully saturated rings. The molecule has 0 radical (unpaired) electrons. The molecule has 0 bridgehead atoms. The van der Waals surface area contributed by atoms with Crippen molar-refractivity contribution in [2.24, 2.45) is 11.8 Å². The van der Waals surface area contributed by atoms with E-state index in [-0.39, 0.29) is 34.5 Å². The highest BCUT2D eigenvalue weighted by Crippen LogP contribution is 2.59. The van der Waals surface area contributed by atoms with Gasteiger partial charge >= 0.3 is 5.97 Å². The number of fused-ring (bicyclic) bond motifs is 1. The summed E-state index contributed by atoms with van der Waals surface area (Å²) in [7, 11) is 0. The van der Waals surface area contributed by atoms with E-state index >= 15 is 4.39 Å². The Morgan fingerprint density at radius 3 is 2.55 bits per heavy atom. The number of carbonyl (C=O) groups excluding carboxylic acids is 2. The SMILES string of the molecule is C=C1/C(=C\C(Cl)=C/C)NC(=O)[C@@]12[C@H](c1cccc(Cl)c1F)[C@H]1C(=O)N(c3ccc(C(=O)O)cc3)C[C@H]1N2CC1CCC1. The lowest BCUT2D eigenvalue weighted by atomic mass is 9.71. The van der Waals surface area contributed by atoms with Crippen molar-refractivity contribution >= 4 is 46.7 Å². The lowest BCUT2D eigenvalue weighted by Gasteiger charge is -2.43. The number of rotatable bonds is 6. The number of likely N-dealkylation sites (tertiary alicyclic amines) is 1.